The van der Waals surface area contributed by atoms with E-state index < -0.39 is 4.92 Å². The van der Waals surface area contributed by atoms with Gasteiger partial charge in [-0.05, 0) is 12.1 Å². The molecule has 1 saturated heterocycles. The molecule has 0 amide bonds. The Morgan fingerprint density at radius 2 is 2.07 bits per heavy atom. The fourth-order valence-corrected chi connectivity index (χ4v) is 2.95. The average molecular weight is 370 g/mol. The van der Waals surface area contributed by atoms with Crippen LogP contribution in [0.2, 0.25) is 0 Å². The monoisotopic (exact) mass is 370 g/mol. The van der Waals surface area contributed by atoms with Crippen LogP contribution >= 0.6 is 0 Å². The lowest BCUT2D eigenvalue weighted by molar-refractivity contribution is -0.384. The van der Waals surface area contributed by atoms with Gasteiger partial charge in [0.2, 0.25) is 0 Å². The van der Waals surface area contributed by atoms with Crippen LogP contribution in [0, 0.1) is 10.1 Å². The molecular weight excluding hydrogens is 348 g/mol. The first-order valence-corrected chi connectivity index (χ1v) is 8.68. The third-order valence-electron chi connectivity index (χ3n) is 4.33. The summed E-state index contributed by atoms with van der Waals surface area (Å²) in [5, 5.41) is 15.4. The molecule has 0 aromatic heterocycles. The summed E-state index contributed by atoms with van der Waals surface area (Å²) >= 11 is 0. The van der Waals surface area contributed by atoms with Crippen molar-refractivity contribution in [2.45, 2.75) is 6.54 Å². The SMILES string of the molecule is COc1ccccc1CN/N=C\c1cc([N+](=O)[O-])ccc1N1CCOCC1. The number of nitro groups is 1. The molecule has 8 heteroatoms. The second-order valence-electron chi connectivity index (χ2n) is 6.00. The Bertz CT molecular complexity index is 819. The maximum absolute atomic E-state index is 11.1. The predicted molar refractivity (Wildman–Crippen MR) is 104 cm³/mol. The quantitative estimate of drug-likeness (QED) is 0.458. The molecule has 1 N–H and O–H groups in total. The number of rotatable bonds is 7. The van der Waals surface area contributed by atoms with E-state index in [4.69, 9.17) is 9.47 Å². The Labute approximate surface area is 157 Å². The summed E-state index contributed by atoms with van der Waals surface area (Å²) in [5.74, 6) is 0.782. The van der Waals surface area contributed by atoms with Gasteiger partial charge in [-0.25, -0.2) is 0 Å². The second-order valence-corrected chi connectivity index (χ2v) is 6.00. The van der Waals surface area contributed by atoms with Gasteiger partial charge in [-0.2, -0.15) is 5.10 Å². The van der Waals surface area contributed by atoms with Crippen LogP contribution in [0.1, 0.15) is 11.1 Å². The Morgan fingerprint density at radius 1 is 1.30 bits per heavy atom. The molecule has 2 aromatic rings. The number of hydrogen-bond donors (Lipinski definition) is 1. The summed E-state index contributed by atoms with van der Waals surface area (Å²) in [4.78, 5) is 12.9. The van der Waals surface area contributed by atoms with Gasteiger partial charge in [0, 0.05) is 42.0 Å². The lowest BCUT2D eigenvalue weighted by Gasteiger charge is -2.29. The highest BCUT2D eigenvalue weighted by Crippen LogP contribution is 2.25. The van der Waals surface area contributed by atoms with Gasteiger partial charge in [0.1, 0.15) is 5.75 Å². The summed E-state index contributed by atoms with van der Waals surface area (Å²) in [7, 11) is 1.62. The number of hydrazone groups is 1. The van der Waals surface area contributed by atoms with Crippen LogP contribution < -0.4 is 15.1 Å². The number of methoxy groups -OCH3 is 1. The standard InChI is InChI=1S/C19H22N4O4/c1-26-19-5-3-2-4-15(19)13-20-21-14-16-12-17(23(24)25)6-7-18(16)22-8-10-27-11-9-22/h2-7,12,14,20H,8-11,13H2,1H3/b21-14-. The number of ether oxygens (including phenoxy) is 2. The minimum atomic E-state index is -0.400. The van der Waals surface area contributed by atoms with Crippen molar-refractivity contribution < 1.29 is 14.4 Å². The van der Waals surface area contributed by atoms with Crippen LogP contribution in [0.15, 0.2) is 47.6 Å². The number of morpholine rings is 1. The topological polar surface area (TPSA) is 89.2 Å². The molecule has 1 fully saturated rings. The van der Waals surface area contributed by atoms with Crippen molar-refractivity contribution in [2.24, 2.45) is 5.10 Å². The molecule has 27 heavy (non-hydrogen) atoms. The first kappa shape index (κ1) is 18.7. The van der Waals surface area contributed by atoms with Gasteiger partial charge in [0.15, 0.2) is 0 Å². The fourth-order valence-electron chi connectivity index (χ4n) is 2.95. The maximum Gasteiger partial charge on any atom is 0.270 e. The second kappa shape index (κ2) is 9.00. The molecule has 8 nitrogen and oxygen atoms in total. The highest BCUT2D eigenvalue weighted by atomic mass is 16.6. The molecule has 3 rings (SSSR count). The number of nitro benzene ring substituents is 1. The number of anilines is 1. The fraction of sp³-hybridized carbons (Fsp3) is 0.316. The van der Waals surface area contributed by atoms with E-state index in [1.165, 1.54) is 6.07 Å². The molecule has 0 aliphatic carbocycles. The molecule has 2 aromatic carbocycles. The van der Waals surface area contributed by atoms with E-state index in [2.05, 4.69) is 15.4 Å². The molecule has 0 atom stereocenters. The normalized spacial score (nSPS) is 14.3. The van der Waals surface area contributed by atoms with Gasteiger partial charge in [-0.1, -0.05) is 18.2 Å². The van der Waals surface area contributed by atoms with E-state index in [1.807, 2.05) is 24.3 Å². The molecule has 142 valence electrons. The van der Waals surface area contributed by atoms with Gasteiger partial charge in [0.05, 0.1) is 38.0 Å². The highest BCUT2D eigenvalue weighted by Gasteiger charge is 2.17. The molecule has 1 aliphatic heterocycles. The minimum Gasteiger partial charge on any atom is -0.496 e. The molecular formula is C19H22N4O4. The lowest BCUT2D eigenvalue weighted by Crippen LogP contribution is -2.36. The van der Waals surface area contributed by atoms with E-state index in [9.17, 15) is 10.1 Å². The van der Waals surface area contributed by atoms with Crippen molar-refractivity contribution in [2.75, 3.05) is 38.3 Å². The number of nitrogens with zero attached hydrogens (tertiary/aromatic N) is 3. The number of benzene rings is 2. The lowest BCUT2D eigenvalue weighted by atomic mass is 10.1. The van der Waals surface area contributed by atoms with E-state index in [0.717, 1.165) is 30.1 Å². The summed E-state index contributed by atoms with van der Waals surface area (Å²) in [6.45, 7) is 3.25. The molecule has 0 unspecified atom stereocenters. The third-order valence-corrected chi connectivity index (χ3v) is 4.33. The van der Waals surface area contributed by atoms with Crippen molar-refractivity contribution in [3.63, 3.8) is 0 Å². The first-order chi connectivity index (χ1) is 13.2. The maximum atomic E-state index is 11.1. The minimum absolute atomic E-state index is 0.0400. The summed E-state index contributed by atoms with van der Waals surface area (Å²) in [5.41, 5.74) is 5.60. The van der Waals surface area contributed by atoms with Crippen LogP contribution in [-0.2, 0) is 11.3 Å². The van der Waals surface area contributed by atoms with Crippen molar-refractivity contribution >= 4 is 17.6 Å². The van der Waals surface area contributed by atoms with Crippen LogP contribution in [0.25, 0.3) is 0 Å². The van der Waals surface area contributed by atoms with Crippen LogP contribution in [0.3, 0.4) is 0 Å². The largest absolute Gasteiger partial charge is 0.496 e. The Balaban J connectivity index is 1.76. The Morgan fingerprint density at radius 3 is 2.81 bits per heavy atom. The third kappa shape index (κ3) is 4.73. The van der Waals surface area contributed by atoms with Crippen LogP contribution in [0.4, 0.5) is 11.4 Å². The van der Waals surface area contributed by atoms with E-state index in [-0.39, 0.29) is 5.69 Å². The van der Waals surface area contributed by atoms with Gasteiger partial charge < -0.3 is 19.8 Å². The van der Waals surface area contributed by atoms with Gasteiger partial charge in [-0.3, -0.25) is 10.1 Å². The molecule has 1 heterocycles. The average Bonchev–Trinajstić information content (AvgIpc) is 2.72. The Hall–Kier alpha value is -3.13. The van der Waals surface area contributed by atoms with Crippen LogP contribution in [0.5, 0.6) is 5.75 Å². The summed E-state index contributed by atoms with van der Waals surface area (Å²) < 4.78 is 10.7. The molecule has 0 radical (unpaired) electrons. The summed E-state index contributed by atoms with van der Waals surface area (Å²) in [6, 6.07) is 12.5. The van der Waals surface area contributed by atoms with E-state index in [0.29, 0.717) is 25.3 Å². The number of para-hydroxylation sites is 1. The predicted octanol–water partition coefficient (Wildman–Crippen LogP) is 2.56. The zero-order chi connectivity index (χ0) is 19.1. The Kier molecular flexibility index (Phi) is 6.22. The zero-order valence-electron chi connectivity index (χ0n) is 15.1. The molecule has 0 saturated carbocycles. The van der Waals surface area contributed by atoms with Gasteiger partial charge in [0.25, 0.3) is 5.69 Å². The van der Waals surface area contributed by atoms with Crippen molar-refractivity contribution in [1.82, 2.24) is 5.43 Å². The van der Waals surface area contributed by atoms with E-state index >= 15 is 0 Å². The first-order valence-electron chi connectivity index (χ1n) is 8.68. The molecule has 1 aliphatic rings. The van der Waals surface area contributed by atoms with Crippen molar-refractivity contribution in [3.8, 4) is 5.75 Å². The van der Waals surface area contributed by atoms with Gasteiger partial charge >= 0.3 is 0 Å². The number of non-ortho nitro benzene ring substituents is 1. The van der Waals surface area contributed by atoms with Crippen molar-refractivity contribution in [1.29, 1.82) is 0 Å². The van der Waals surface area contributed by atoms with E-state index in [1.54, 1.807) is 25.5 Å². The number of hydrogen-bond acceptors (Lipinski definition) is 7. The summed E-state index contributed by atoms with van der Waals surface area (Å²) in [6.07, 6.45) is 1.62. The molecule has 0 bridgehead atoms. The zero-order valence-corrected chi connectivity index (χ0v) is 15.1. The van der Waals surface area contributed by atoms with Crippen LogP contribution in [-0.4, -0.2) is 44.6 Å². The highest BCUT2D eigenvalue weighted by molar-refractivity contribution is 5.89. The smallest absolute Gasteiger partial charge is 0.270 e. The molecule has 0 spiro atoms. The van der Waals surface area contributed by atoms with Crippen molar-refractivity contribution in [3.05, 3.63) is 63.7 Å². The number of nitrogens with one attached hydrogen (secondary N) is 1. The van der Waals surface area contributed by atoms with Gasteiger partial charge in [-0.15, -0.1) is 0 Å².